The van der Waals surface area contributed by atoms with E-state index in [1.165, 1.54) is 0 Å². The van der Waals surface area contributed by atoms with Crippen molar-refractivity contribution in [2.75, 3.05) is 29.9 Å². The van der Waals surface area contributed by atoms with Gasteiger partial charge in [0.25, 0.3) is 11.7 Å². The second-order valence-corrected chi connectivity index (χ2v) is 4.10. The fraction of sp³-hybridized carbons (Fsp3) is 0.273. The van der Waals surface area contributed by atoms with Crippen molar-refractivity contribution in [3.63, 3.8) is 0 Å². The second kappa shape index (κ2) is 4.10. The highest BCUT2D eigenvalue weighted by Gasteiger charge is 2.27. The van der Waals surface area contributed by atoms with Gasteiger partial charge in [0.05, 0.1) is 11.4 Å². The maximum Gasteiger partial charge on any atom is 0.299 e. The molecule has 1 aromatic heterocycles. The normalized spacial score (nSPS) is 14.5. The molecular weight excluding hydrogens is 232 g/mol. The minimum atomic E-state index is -0.232. The van der Waals surface area contributed by atoms with Crippen molar-refractivity contribution in [2.24, 2.45) is 0 Å². The van der Waals surface area contributed by atoms with Crippen LogP contribution in [0.2, 0.25) is 0 Å². The van der Waals surface area contributed by atoms with Crippen molar-refractivity contribution in [1.82, 2.24) is 20.6 Å². The van der Waals surface area contributed by atoms with Gasteiger partial charge in [-0.3, -0.25) is 4.79 Å². The maximum absolute atomic E-state index is 12.3. The Bertz CT molecular complexity index is 567. The molecule has 0 unspecified atom stereocenters. The van der Waals surface area contributed by atoms with Gasteiger partial charge >= 0.3 is 0 Å². The van der Waals surface area contributed by atoms with Crippen molar-refractivity contribution in [2.45, 2.75) is 0 Å². The Kier molecular flexibility index (Phi) is 2.44. The van der Waals surface area contributed by atoms with E-state index in [0.717, 1.165) is 17.9 Å². The molecule has 3 rings (SSSR count). The first kappa shape index (κ1) is 10.7. The van der Waals surface area contributed by atoms with Crippen molar-refractivity contribution < 1.29 is 4.79 Å². The number of anilines is 2. The van der Waals surface area contributed by atoms with E-state index in [1.807, 2.05) is 31.3 Å². The Labute approximate surface area is 103 Å². The predicted octanol–water partition coefficient (Wildman–Crippen LogP) is 0.296. The average molecular weight is 244 g/mol. The number of amides is 1. The van der Waals surface area contributed by atoms with Gasteiger partial charge in [0, 0.05) is 20.1 Å². The van der Waals surface area contributed by atoms with Crippen LogP contribution in [-0.2, 0) is 0 Å². The van der Waals surface area contributed by atoms with Gasteiger partial charge in [-0.1, -0.05) is 12.1 Å². The number of fused-ring (bicyclic) bond motifs is 1. The highest BCUT2D eigenvalue weighted by molar-refractivity contribution is 6.06. The molecule has 18 heavy (non-hydrogen) atoms. The molecule has 0 radical (unpaired) electrons. The average Bonchev–Trinajstić information content (AvgIpc) is 2.93. The third kappa shape index (κ3) is 1.60. The SMILES string of the molecule is CN1CCN(C(=O)c2nn[nH]n2)c2ccccc21. The minimum Gasteiger partial charge on any atom is -0.371 e. The fourth-order valence-corrected chi connectivity index (χ4v) is 2.09. The van der Waals surface area contributed by atoms with Crippen LogP contribution in [0.4, 0.5) is 11.4 Å². The molecule has 0 atom stereocenters. The van der Waals surface area contributed by atoms with Gasteiger partial charge in [-0.25, -0.2) is 0 Å². The largest absolute Gasteiger partial charge is 0.371 e. The van der Waals surface area contributed by atoms with Crippen molar-refractivity contribution >= 4 is 17.3 Å². The van der Waals surface area contributed by atoms with Crippen LogP contribution in [0.3, 0.4) is 0 Å². The fourth-order valence-electron chi connectivity index (χ4n) is 2.09. The number of para-hydroxylation sites is 2. The summed E-state index contributed by atoms with van der Waals surface area (Å²) in [6.07, 6.45) is 0. The van der Waals surface area contributed by atoms with E-state index < -0.39 is 0 Å². The van der Waals surface area contributed by atoms with Crippen LogP contribution in [0.15, 0.2) is 24.3 Å². The lowest BCUT2D eigenvalue weighted by molar-refractivity contribution is 0.0977. The van der Waals surface area contributed by atoms with Gasteiger partial charge in [0.2, 0.25) is 0 Å². The molecule has 1 N–H and O–H groups in total. The molecule has 1 aliphatic heterocycles. The molecule has 0 bridgehead atoms. The molecule has 7 heteroatoms. The van der Waals surface area contributed by atoms with Gasteiger partial charge in [-0.15, -0.1) is 10.2 Å². The van der Waals surface area contributed by atoms with Gasteiger partial charge in [0.1, 0.15) is 0 Å². The number of benzene rings is 1. The molecule has 2 heterocycles. The van der Waals surface area contributed by atoms with E-state index in [1.54, 1.807) is 4.90 Å². The standard InChI is InChI=1S/C11H12N6O/c1-16-6-7-17(9-5-3-2-4-8(9)16)11(18)10-12-14-15-13-10/h2-5H,6-7H2,1H3,(H,12,13,14,15). The number of likely N-dealkylation sites (N-methyl/N-ethyl adjacent to an activating group) is 1. The third-order valence-corrected chi connectivity index (χ3v) is 3.02. The summed E-state index contributed by atoms with van der Waals surface area (Å²) in [7, 11) is 2.01. The Morgan fingerprint density at radius 2 is 2.06 bits per heavy atom. The Balaban J connectivity index is 2.00. The zero-order valence-corrected chi connectivity index (χ0v) is 9.87. The molecule has 0 saturated heterocycles. The van der Waals surface area contributed by atoms with Crippen LogP contribution in [0, 0.1) is 0 Å². The lowest BCUT2D eigenvalue weighted by Crippen LogP contribution is -2.43. The molecule has 0 aliphatic carbocycles. The van der Waals surface area contributed by atoms with Gasteiger partial charge in [-0.05, 0) is 17.3 Å². The number of hydrogen-bond donors (Lipinski definition) is 1. The summed E-state index contributed by atoms with van der Waals surface area (Å²) < 4.78 is 0. The molecule has 1 aromatic carbocycles. The Hall–Kier alpha value is -2.44. The highest BCUT2D eigenvalue weighted by atomic mass is 16.2. The summed E-state index contributed by atoms with van der Waals surface area (Å²) >= 11 is 0. The summed E-state index contributed by atoms with van der Waals surface area (Å²) in [4.78, 5) is 16.1. The Morgan fingerprint density at radius 3 is 2.78 bits per heavy atom. The van der Waals surface area contributed by atoms with E-state index in [9.17, 15) is 4.79 Å². The van der Waals surface area contributed by atoms with Gasteiger partial charge in [0.15, 0.2) is 0 Å². The first-order chi connectivity index (χ1) is 8.77. The van der Waals surface area contributed by atoms with E-state index >= 15 is 0 Å². The number of carbonyl (C=O) groups excluding carboxylic acids is 1. The number of carbonyl (C=O) groups is 1. The van der Waals surface area contributed by atoms with Crippen molar-refractivity contribution in [1.29, 1.82) is 0 Å². The number of aromatic nitrogens is 4. The molecule has 1 aliphatic rings. The molecule has 7 nitrogen and oxygen atoms in total. The topological polar surface area (TPSA) is 78.0 Å². The van der Waals surface area contributed by atoms with Crippen LogP contribution in [0.1, 0.15) is 10.6 Å². The third-order valence-electron chi connectivity index (χ3n) is 3.02. The Morgan fingerprint density at radius 1 is 1.28 bits per heavy atom. The summed E-state index contributed by atoms with van der Waals surface area (Å²) in [6, 6.07) is 7.78. The molecular formula is C11H12N6O. The minimum absolute atomic E-state index is 0.0920. The van der Waals surface area contributed by atoms with Crippen LogP contribution in [0.5, 0.6) is 0 Å². The number of tetrazole rings is 1. The van der Waals surface area contributed by atoms with E-state index in [-0.39, 0.29) is 11.7 Å². The highest BCUT2D eigenvalue weighted by Crippen LogP contribution is 2.32. The number of nitrogens with zero attached hydrogens (tertiary/aromatic N) is 5. The molecule has 0 saturated carbocycles. The number of aromatic amines is 1. The summed E-state index contributed by atoms with van der Waals surface area (Å²) in [5, 5.41) is 13.2. The van der Waals surface area contributed by atoms with E-state index in [2.05, 4.69) is 25.5 Å². The monoisotopic (exact) mass is 244 g/mol. The number of nitrogens with one attached hydrogen (secondary N) is 1. The number of hydrogen-bond acceptors (Lipinski definition) is 5. The maximum atomic E-state index is 12.3. The molecule has 2 aromatic rings. The first-order valence-electron chi connectivity index (χ1n) is 5.63. The summed E-state index contributed by atoms with van der Waals surface area (Å²) in [6.45, 7) is 1.39. The molecule has 0 spiro atoms. The summed E-state index contributed by atoms with van der Waals surface area (Å²) in [5.74, 6) is -0.140. The van der Waals surface area contributed by atoms with Gasteiger partial charge in [-0.2, -0.15) is 5.21 Å². The van der Waals surface area contributed by atoms with E-state index in [4.69, 9.17) is 0 Å². The number of H-pyrrole nitrogens is 1. The first-order valence-corrected chi connectivity index (χ1v) is 5.63. The molecule has 92 valence electrons. The lowest BCUT2D eigenvalue weighted by atomic mass is 10.1. The van der Waals surface area contributed by atoms with Crippen LogP contribution >= 0.6 is 0 Å². The van der Waals surface area contributed by atoms with Crippen molar-refractivity contribution in [3.05, 3.63) is 30.1 Å². The zero-order chi connectivity index (χ0) is 12.5. The summed E-state index contributed by atoms with van der Waals surface area (Å²) in [5.41, 5.74) is 1.90. The zero-order valence-electron chi connectivity index (χ0n) is 9.87. The van der Waals surface area contributed by atoms with E-state index in [0.29, 0.717) is 6.54 Å². The second-order valence-electron chi connectivity index (χ2n) is 4.10. The van der Waals surface area contributed by atoms with Crippen LogP contribution in [-0.4, -0.2) is 46.7 Å². The predicted molar refractivity (Wildman–Crippen MR) is 65.6 cm³/mol. The van der Waals surface area contributed by atoms with Gasteiger partial charge < -0.3 is 9.80 Å². The van der Waals surface area contributed by atoms with Crippen LogP contribution < -0.4 is 9.80 Å². The number of rotatable bonds is 1. The smallest absolute Gasteiger partial charge is 0.299 e. The quantitative estimate of drug-likeness (QED) is 0.780. The lowest BCUT2D eigenvalue weighted by Gasteiger charge is -2.34. The van der Waals surface area contributed by atoms with Crippen LogP contribution in [0.25, 0.3) is 0 Å². The molecule has 0 fully saturated rings. The molecule has 1 amide bonds. The van der Waals surface area contributed by atoms with Crippen molar-refractivity contribution in [3.8, 4) is 0 Å².